The summed E-state index contributed by atoms with van der Waals surface area (Å²) in [5.74, 6) is 2.75. The standard InChI is InChI=1S/C25H38O2/c1-2-3-4-5-6-19-7-9-20(10-8-19)21-11-13-22(14-12-21)23-15-17-24(18-16-23)25(26)27/h15-22H,2-14H2,1H3,(H,26,27). The fourth-order valence-electron chi connectivity index (χ4n) is 5.63. The molecule has 27 heavy (non-hydrogen) atoms. The zero-order valence-electron chi connectivity index (χ0n) is 17.2. The molecular weight excluding hydrogens is 332 g/mol. The summed E-state index contributed by atoms with van der Waals surface area (Å²) in [5.41, 5.74) is 1.74. The molecule has 0 unspecified atom stereocenters. The van der Waals surface area contributed by atoms with Crippen LogP contribution >= 0.6 is 0 Å². The van der Waals surface area contributed by atoms with Gasteiger partial charge in [0.05, 0.1) is 5.56 Å². The molecule has 0 atom stereocenters. The van der Waals surface area contributed by atoms with Crippen LogP contribution in [0.4, 0.5) is 0 Å². The molecule has 1 aromatic carbocycles. The van der Waals surface area contributed by atoms with Crippen LogP contribution in [0.2, 0.25) is 0 Å². The first-order valence-electron chi connectivity index (χ1n) is 11.5. The summed E-state index contributed by atoms with van der Waals surface area (Å²) < 4.78 is 0. The number of carbonyl (C=O) groups is 1. The van der Waals surface area contributed by atoms with Gasteiger partial charge in [-0.05, 0) is 79.9 Å². The summed E-state index contributed by atoms with van der Waals surface area (Å²) in [6.07, 6.45) is 18.4. The zero-order chi connectivity index (χ0) is 19.1. The van der Waals surface area contributed by atoms with E-state index in [0.29, 0.717) is 11.5 Å². The van der Waals surface area contributed by atoms with Crippen molar-refractivity contribution in [2.45, 2.75) is 96.3 Å². The smallest absolute Gasteiger partial charge is 0.335 e. The number of carboxylic acids is 1. The Hall–Kier alpha value is -1.31. The maximum atomic E-state index is 11.0. The van der Waals surface area contributed by atoms with Crippen molar-refractivity contribution >= 4 is 5.97 Å². The molecule has 2 aliphatic carbocycles. The maximum Gasteiger partial charge on any atom is 0.335 e. The van der Waals surface area contributed by atoms with Gasteiger partial charge in [0.2, 0.25) is 0 Å². The number of hydrogen-bond acceptors (Lipinski definition) is 1. The molecule has 2 nitrogen and oxygen atoms in total. The van der Waals surface area contributed by atoms with Gasteiger partial charge in [0.25, 0.3) is 0 Å². The second kappa shape index (κ2) is 10.3. The lowest BCUT2D eigenvalue weighted by atomic mass is 9.68. The van der Waals surface area contributed by atoms with Crippen LogP contribution in [0.25, 0.3) is 0 Å². The Balaban J connectivity index is 1.39. The van der Waals surface area contributed by atoms with Crippen molar-refractivity contribution in [3.05, 3.63) is 35.4 Å². The Morgan fingerprint density at radius 2 is 1.44 bits per heavy atom. The van der Waals surface area contributed by atoms with Gasteiger partial charge in [0.1, 0.15) is 0 Å². The normalized spacial score (nSPS) is 28.8. The highest BCUT2D eigenvalue weighted by Crippen LogP contribution is 2.44. The number of benzene rings is 1. The molecule has 0 aromatic heterocycles. The fourth-order valence-corrected chi connectivity index (χ4v) is 5.63. The van der Waals surface area contributed by atoms with Gasteiger partial charge in [-0.15, -0.1) is 0 Å². The van der Waals surface area contributed by atoms with Gasteiger partial charge in [0, 0.05) is 0 Å². The van der Waals surface area contributed by atoms with E-state index in [1.54, 1.807) is 12.1 Å². The van der Waals surface area contributed by atoms with E-state index in [1.165, 1.54) is 89.0 Å². The molecule has 1 N–H and O–H groups in total. The molecule has 2 saturated carbocycles. The fraction of sp³-hybridized carbons (Fsp3) is 0.720. The summed E-state index contributed by atoms with van der Waals surface area (Å²) in [5, 5.41) is 9.06. The van der Waals surface area contributed by atoms with Crippen LogP contribution < -0.4 is 0 Å². The first-order chi connectivity index (χ1) is 13.2. The highest BCUT2D eigenvalue weighted by molar-refractivity contribution is 5.87. The Morgan fingerprint density at radius 1 is 0.852 bits per heavy atom. The van der Waals surface area contributed by atoms with E-state index < -0.39 is 5.97 Å². The first kappa shape index (κ1) is 20.4. The van der Waals surface area contributed by atoms with Gasteiger partial charge < -0.3 is 5.11 Å². The molecule has 2 heteroatoms. The molecule has 1 aromatic rings. The maximum absolute atomic E-state index is 11.0. The number of hydrogen-bond donors (Lipinski definition) is 1. The van der Waals surface area contributed by atoms with Gasteiger partial charge >= 0.3 is 5.97 Å². The van der Waals surface area contributed by atoms with Crippen molar-refractivity contribution in [3.63, 3.8) is 0 Å². The number of rotatable bonds is 8. The van der Waals surface area contributed by atoms with Crippen LogP contribution in [0.1, 0.15) is 112 Å². The lowest BCUT2D eigenvalue weighted by Gasteiger charge is -2.38. The average Bonchev–Trinajstić information content (AvgIpc) is 2.72. The lowest BCUT2D eigenvalue weighted by Crippen LogP contribution is -2.25. The van der Waals surface area contributed by atoms with Gasteiger partial charge in [0.15, 0.2) is 0 Å². The Morgan fingerprint density at radius 3 is 2.00 bits per heavy atom. The van der Waals surface area contributed by atoms with E-state index in [1.807, 2.05) is 12.1 Å². The molecule has 0 aliphatic heterocycles. The Labute approximate surface area is 165 Å². The molecule has 3 rings (SSSR count). The number of carboxylic acid groups (broad SMARTS) is 1. The van der Waals surface area contributed by atoms with Gasteiger partial charge in [-0.2, -0.15) is 0 Å². The third kappa shape index (κ3) is 5.83. The Bertz CT molecular complexity index is 560. The van der Waals surface area contributed by atoms with E-state index in [4.69, 9.17) is 5.11 Å². The third-order valence-electron chi connectivity index (χ3n) is 7.42. The van der Waals surface area contributed by atoms with E-state index >= 15 is 0 Å². The summed E-state index contributed by atoms with van der Waals surface area (Å²) in [6, 6.07) is 7.62. The molecule has 0 bridgehead atoms. The predicted octanol–water partition coefficient (Wildman–Crippen LogP) is 7.44. The molecule has 2 fully saturated rings. The zero-order valence-corrected chi connectivity index (χ0v) is 17.2. The Kier molecular flexibility index (Phi) is 7.79. The van der Waals surface area contributed by atoms with Crippen molar-refractivity contribution in [1.29, 1.82) is 0 Å². The van der Waals surface area contributed by atoms with Crippen LogP contribution in [0.3, 0.4) is 0 Å². The number of aromatic carboxylic acids is 1. The van der Waals surface area contributed by atoms with Crippen LogP contribution in [0, 0.1) is 17.8 Å². The van der Waals surface area contributed by atoms with Gasteiger partial charge in [-0.25, -0.2) is 4.79 Å². The van der Waals surface area contributed by atoms with Crippen molar-refractivity contribution in [3.8, 4) is 0 Å². The molecular formula is C25H38O2. The predicted molar refractivity (Wildman–Crippen MR) is 112 cm³/mol. The van der Waals surface area contributed by atoms with Crippen molar-refractivity contribution in [2.24, 2.45) is 17.8 Å². The van der Waals surface area contributed by atoms with Crippen LogP contribution in [0.5, 0.6) is 0 Å². The van der Waals surface area contributed by atoms with Crippen LogP contribution in [0.15, 0.2) is 24.3 Å². The third-order valence-corrected chi connectivity index (χ3v) is 7.42. The molecule has 0 radical (unpaired) electrons. The van der Waals surface area contributed by atoms with E-state index in [-0.39, 0.29) is 0 Å². The van der Waals surface area contributed by atoms with E-state index in [2.05, 4.69) is 6.92 Å². The van der Waals surface area contributed by atoms with Crippen LogP contribution in [-0.2, 0) is 0 Å². The summed E-state index contributed by atoms with van der Waals surface area (Å²) in [7, 11) is 0. The first-order valence-corrected chi connectivity index (χ1v) is 11.5. The second-order valence-electron chi connectivity index (χ2n) is 9.17. The highest BCUT2D eigenvalue weighted by atomic mass is 16.4. The minimum absolute atomic E-state index is 0.402. The minimum atomic E-state index is -0.828. The van der Waals surface area contributed by atoms with Crippen molar-refractivity contribution in [1.82, 2.24) is 0 Å². The van der Waals surface area contributed by atoms with Gasteiger partial charge in [-0.3, -0.25) is 0 Å². The average molecular weight is 371 g/mol. The molecule has 0 heterocycles. The monoisotopic (exact) mass is 370 g/mol. The second-order valence-corrected chi connectivity index (χ2v) is 9.17. The summed E-state index contributed by atoms with van der Waals surface area (Å²) in [4.78, 5) is 11.0. The lowest BCUT2D eigenvalue weighted by molar-refractivity contribution is 0.0697. The molecule has 150 valence electrons. The highest BCUT2D eigenvalue weighted by Gasteiger charge is 2.31. The van der Waals surface area contributed by atoms with E-state index in [0.717, 1.165) is 17.8 Å². The largest absolute Gasteiger partial charge is 0.478 e. The van der Waals surface area contributed by atoms with E-state index in [9.17, 15) is 4.79 Å². The summed E-state index contributed by atoms with van der Waals surface area (Å²) in [6.45, 7) is 2.30. The van der Waals surface area contributed by atoms with Crippen molar-refractivity contribution < 1.29 is 9.90 Å². The van der Waals surface area contributed by atoms with Crippen molar-refractivity contribution in [2.75, 3.05) is 0 Å². The quantitative estimate of drug-likeness (QED) is 0.483. The molecule has 0 saturated heterocycles. The SMILES string of the molecule is CCCCCCC1CCC(C2CCC(c3ccc(C(=O)O)cc3)CC2)CC1. The molecule has 0 amide bonds. The van der Waals surface area contributed by atoms with Gasteiger partial charge in [-0.1, -0.05) is 64.0 Å². The molecule has 2 aliphatic rings. The summed E-state index contributed by atoms with van der Waals surface area (Å²) >= 11 is 0. The minimum Gasteiger partial charge on any atom is -0.478 e. The number of unbranched alkanes of at least 4 members (excludes halogenated alkanes) is 3. The molecule has 0 spiro atoms. The topological polar surface area (TPSA) is 37.3 Å². The van der Waals surface area contributed by atoms with Crippen LogP contribution in [-0.4, -0.2) is 11.1 Å².